The number of hydrogen-bond donors (Lipinski definition) is 2. The molecule has 0 unspecified atom stereocenters. The van der Waals surface area contributed by atoms with Crippen LogP contribution >= 0.6 is 0 Å². The lowest BCUT2D eigenvalue weighted by Gasteiger charge is -2.08. The average Bonchev–Trinajstić information content (AvgIpc) is 2.62. The summed E-state index contributed by atoms with van der Waals surface area (Å²) in [5, 5.41) is 11.7. The molecule has 0 spiro atoms. The molecule has 0 radical (unpaired) electrons. The molecule has 0 fully saturated rings. The summed E-state index contributed by atoms with van der Waals surface area (Å²) in [6.07, 6.45) is 0.912. The summed E-state index contributed by atoms with van der Waals surface area (Å²) in [4.78, 5) is 22.6. The second kappa shape index (κ2) is 9.32. The molecule has 2 N–H and O–H groups in total. The maximum atomic E-state index is 11.9. The van der Waals surface area contributed by atoms with Crippen molar-refractivity contribution in [3.05, 3.63) is 59.7 Å². The number of carboxylic acid groups (broad SMARTS) is 1. The van der Waals surface area contributed by atoms with E-state index in [1.807, 2.05) is 24.3 Å². The minimum atomic E-state index is -0.979. The van der Waals surface area contributed by atoms with Crippen molar-refractivity contribution in [2.45, 2.75) is 12.8 Å². The van der Waals surface area contributed by atoms with E-state index in [9.17, 15) is 9.59 Å². The van der Waals surface area contributed by atoms with Gasteiger partial charge in [0.2, 0.25) is 5.91 Å². The number of amides is 1. The Morgan fingerprint density at radius 1 is 1.00 bits per heavy atom. The Morgan fingerprint density at radius 3 is 2.24 bits per heavy atom. The van der Waals surface area contributed by atoms with Crippen LogP contribution in [0.3, 0.4) is 0 Å². The van der Waals surface area contributed by atoms with Crippen molar-refractivity contribution in [3.63, 3.8) is 0 Å². The van der Waals surface area contributed by atoms with Gasteiger partial charge in [-0.1, -0.05) is 12.1 Å². The third-order valence-electron chi connectivity index (χ3n) is 3.54. The van der Waals surface area contributed by atoms with Gasteiger partial charge in [0, 0.05) is 6.54 Å². The SMILES string of the molecule is COc1ccc(OCCCNC(=O)Cc2ccc(C(=O)O)cc2)cc1. The van der Waals surface area contributed by atoms with Gasteiger partial charge < -0.3 is 19.9 Å². The first-order chi connectivity index (χ1) is 12.1. The molecule has 0 heterocycles. The zero-order valence-corrected chi connectivity index (χ0v) is 14.0. The van der Waals surface area contributed by atoms with Crippen LogP contribution in [0.2, 0.25) is 0 Å². The second-order valence-corrected chi connectivity index (χ2v) is 5.41. The first-order valence-electron chi connectivity index (χ1n) is 7.94. The number of benzene rings is 2. The lowest BCUT2D eigenvalue weighted by Crippen LogP contribution is -2.27. The number of carbonyl (C=O) groups is 2. The molecular formula is C19H21NO5. The molecule has 0 aliphatic carbocycles. The van der Waals surface area contributed by atoms with Crippen molar-refractivity contribution in [1.29, 1.82) is 0 Å². The molecule has 6 heteroatoms. The smallest absolute Gasteiger partial charge is 0.335 e. The van der Waals surface area contributed by atoms with Crippen LogP contribution in [0.5, 0.6) is 11.5 Å². The van der Waals surface area contributed by atoms with E-state index in [-0.39, 0.29) is 17.9 Å². The summed E-state index contributed by atoms with van der Waals surface area (Å²) < 4.78 is 10.7. The van der Waals surface area contributed by atoms with E-state index in [1.54, 1.807) is 19.2 Å². The molecule has 1 amide bonds. The Bertz CT molecular complexity index is 695. The molecule has 25 heavy (non-hydrogen) atoms. The number of ether oxygens (including phenoxy) is 2. The van der Waals surface area contributed by atoms with Crippen LogP contribution in [0.4, 0.5) is 0 Å². The summed E-state index contributed by atoms with van der Waals surface area (Å²) in [7, 11) is 1.61. The largest absolute Gasteiger partial charge is 0.497 e. The molecule has 0 aliphatic rings. The average molecular weight is 343 g/mol. The van der Waals surface area contributed by atoms with Gasteiger partial charge in [-0.05, 0) is 48.4 Å². The fourth-order valence-electron chi connectivity index (χ4n) is 2.18. The van der Waals surface area contributed by atoms with Crippen LogP contribution in [-0.4, -0.2) is 37.2 Å². The highest BCUT2D eigenvalue weighted by atomic mass is 16.5. The Hall–Kier alpha value is -3.02. The number of carboxylic acids is 1. The highest BCUT2D eigenvalue weighted by Crippen LogP contribution is 2.16. The minimum Gasteiger partial charge on any atom is -0.497 e. The summed E-state index contributed by atoms with van der Waals surface area (Å²) in [5.41, 5.74) is 0.983. The van der Waals surface area contributed by atoms with E-state index in [2.05, 4.69) is 5.32 Å². The molecule has 2 aromatic carbocycles. The van der Waals surface area contributed by atoms with Crippen molar-refractivity contribution in [3.8, 4) is 11.5 Å². The zero-order chi connectivity index (χ0) is 18.1. The van der Waals surface area contributed by atoms with Crippen molar-refractivity contribution >= 4 is 11.9 Å². The van der Waals surface area contributed by atoms with Gasteiger partial charge in [0.1, 0.15) is 11.5 Å². The highest BCUT2D eigenvalue weighted by Gasteiger charge is 2.05. The van der Waals surface area contributed by atoms with Gasteiger partial charge in [0.15, 0.2) is 0 Å². The topological polar surface area (TPSA) is 84.9 Å². The van der Waals surface area contributed by atoms with Crippen molar-refractivity contribution in [2.75, 3.05) is 20.3 Å². The maximum Gasteiger partial charge on any atom is 0.335 e. The zero-order valence-electron chi connectivity index (χ0n) is 14.0. The molecule has 0 atom stereocenters. The summed E-state index contributed by atoms with van der Waals surface area (Å²) >= 11 is 0. The molecule has 0 saturated heterocycles. The first kappa shape index (κ1) is 18.3. The minimum absolute atomic E-state index is 0.104. The number of hydrogen-bond acceptors (Lipinski definition) is 4. The number of carbonyl (C=O) groups excluding carboxylic acids is 1. The van der Waals surface area contributed by atoms with Gasteiger partial charge in [-0.25, -0.2) is 4.79 Å². The first-order valence-corrected chi connectivity index (χ1v) is 7.94. The fraction of sp³-hybridized carbons (Fsp3) is 0.263. The van der Waals surface area contributed by atoms with Gasteiger partial charge in [-0.15, -0.1) is 0 Å². The fourth-order valence-corrected chi connectivity index (χ4v) is 2.18. The Kier molecular flexibility index (Phi) is 6.83. The van der Waals surface area contributed by atoms with E-state index in [0.29, 0.717) is 19.6 Å². The van der Waals surface area contributed by atoms with Crippen LogP contribution in [0, 0.1) is 0 Å². The van der Waals surface area contributed by atoms with Crippen molar-refractivity contribution in [1.82, 2.24) is 5.32 Å². The Balaban J connectivity index is 1.63. The van der Waals surface area contributed by atoms with Crippen LogP contribution < -0.4 is 14.8 Å². The maximum absolute atomic E-state index is 11.9. The molecule has 6 nitrogen and oxygen atoms in total. The molecular weight excluding hydrogens is 322 g/mol. The number of aromatic carboxylic acids is 1. The van der Waals surface area contributed by atoms with Crippen LogP contribution in [0.1, 0.15) is 22.3 Å². The summed E-state index contributed by atoms with van der Waals surface area (Å²) in [5.74, 6) is 0.446. The van der Waals surface area contributed by atoms with Gasteiger partial charge in [-0.2, -0.15) is 0 Å². The number of nitrogens with one attached hydrogen (secondary N) is 1. The normalized spacial score (nSPS) is 10.1. The molecule has 132 valence electrons. The third kappa shape index (κ3) is 6.18. The lowest BCUT2D eigenvalue weighted by molar-refractivity contribution is -0.120. The lowest BCUT2D eigenvalue weighted by atomic mass is 10.1. The monoisotopic (exact) mass is 343 g/mol. The molecule has 0 aliphatic heterocycles. The quantitative estimate of drug-likeness (QED) is 0.684. The summed E-state index contributed by atoms with van der Waals surface area (Å²) in [6, 6.07) is 13.6. The van der Waals surface area contributed by atoms with Crippen LogP contribution in [0.15, 0.2) is 48.5 Å². The van der Waals surface area contributed by atoms with Gasteiger partial charge >= 0.3 is 5.97 Å². The second-order valence-electron chi connectivity index (χ2n) is 5.41. The molecule has 0 aromatic heterocycles. The van der Waals surface area contributed by atoms with Gasteiger partial charge in [0.25, 0.3) is 0 Å². The summed E-state index contributed by atoms with van der Waals surface area (Å²) in [6.45, 7) is 1.02. The third-order valence-corrected chi connectivity index (χ3v) is 3.54. The molecule has 2 aromatic rings. The van der Waals surface area contributed by atoms with E-state index in [1.165, 1.54) is 12.1 Å². The molecule has 2 rings (SSSR count). The van der Waals surface area contributed by atoms with Gasteiger partial charge in [0.05, 0.1) is 25.7 Å². The van der Waals surface area contributed by atoms with Crippen molar-refractivity contribution < 1.29 is 24.2 Å². The van der Waals surface area contributed by atoms with Gasteiger partial charge in [-0.3, -0.25) is 4.79 Å². The predicted molar refractivity (Wildman–Crippen MR) is 93.2 cm³/mol. The van der Waals surface area contributed by atoms with E-state index in [0.717, 1.165) is 17.1 Å². The number of methoxy groups -OCH3 is 1. The molecule has 0 saturated carbocycles. The van der Waals surface area contributed by atoms with Crippen LogP contribution in [0.25, 0.3) is 0 Å². The van der Waals surface area contributed by atoms with E-state index >= 15 is 0 Å². The molecule has 0 bridgehead atoms. The predicted octanol–water partition coefficient (Wildman–Crippen LogP) is 2.52. The number of rotatable bonds is 9. The van der Waals surface area contributed by atoms with E-state index in [4.69, 9.17) is 14.6 Å². The van der Waals surface area contributed by atoms with Crippen molar-refractivity contribution in [2.24, 2.45) is 0 Å². The van der Waals surface area contributed by atoms with Crippen LogP contribution in [-0.2, 0) is 11.2 Å². The highest BCUT2D eigenvalue weighted by molar-refractivity contribution is 5.87. The standard InChI is InChI=1S/C19H21NO5/c1-24-16-7-9-17(10-8-16)25-12-2-11-20-18(21)13-14-3-5-15(6-4-14)19(22)23/h3-10H,2,11-13H2,1H3,(H,20,21)(H,22,23). The van der Waals surface area contributed by atoms with E-state index < -0.39 is 5.97 Å². The Labute approximate surface area is 146 Å². The Morgan fingerprint density at radius 2 is 1.64 bits per heavy atom.